The quantitative estimate of drug-likeness (QED) is 0.654. The maximum absolute atomic E-state index is 3.99. The standard InChI is InChI=1S/C15H31N3Si/c1-2-8-13(7-1)16-19(17-14-9-3-4-10-14)18-15-11-5-6-12-15/h13-19H,1-12H2. The highest BCUT2D eigenvalue weighted by Gasteiger charge is 2.27. The minimum atomic E-state index is -1.14. The highest BCUT2D eigenvalue weighted by atomic mass is 28.3. The Labute approximate surface area is 120 Å². The van der Waals surface area contributed by atoms with E-state index in [9.17, 15) is 0 Å². The summed E-state index contributed by atoms with van der Waals surface area (Å²) < 4.78 is 0. The van der Waals surface area contributed by atoms with E-state index in [4.69, 9.17) is 0 Å². The van der Waals surface area contributed by atoms with Gasteiger partial charge in [0.05, 0.1) is 0 Å². The third-order valence-corrected chi connectivity index (χ3v) is 7.69. The fourth-order valence-electron chi connectivity index (χ4n) is 4.13. The van der Waals surface area contributed by atoms with Crippen LogP contribution in [0.2, 0.25) is 0 Å². The summed E-state index contributed by atoms with van der Waals surface area (Å²) in [6.07, 6.45) is 17.0. The van der Waals surface area contributed by atoms with Crippen LogP contribution in [0.4, 0.5) is 0 Å². The third kappa shape index (κ3) is 4.28. The summed E-state index contributed by atoms with van der Waals surface area (Å²) in [6.45, 7) is 0. The van der Waals surface area contributed by atoms with Crippen LogP contribution in [-0.4, -0.2) is 27.4 Å². The topological polar surface area (TPSA) is 36.1 Å². The van der Waals surface area contributed by atoms with Gasteiger partial charge in [-0.15, -0.1) is 0 Å². The first-order valence-electron chi connectivity index (χ1n) is 8.68. The Hall–Kier alpha value is 0.0969. The van der Waals surface area contributed by atoms with Crippen molar-refractivity contribution in [3.63, 3.8) is 0 Å². The van der Waals surface area contributed by atoms with Gasteiger partial charge in [-0.3, -0.25) is 0 Å². The molecule has 0 amide bonds. The average Bonchev–Trinajstić information content (AvgIpc) is 3.10. The smallest absolute Gasteiger partial charge is 0.265 e. The molecule has 0 bridgehead atoms. The Kier molecular flexibility index (Phi) is 5.33. The van der Waals surface area contributed by atoms with Crippen LogP contribution < -0.4 is 14.9 Å². The molecule has 110 valence electrons. The Balaban J connectivity index is 1.49. The van der Waals surface area contributed by atoms with Crippen molar-refractivity contribution in [2.45, 2.75) is 95.2 Å². The fourth-order valence-corrected chi connectivity index (χ4v) is 6.83. The molecular weight excluding hydrogens is 250 g/mol. The lowest BCUT2D eigenvalue weighted by molar-refractivity contribution is 0.547. The zero-order chi connectivity index (χ0) is 12.9. The molecule has 0 heterocycles. The highest BCUT2D eigenvalue weighted by molar-refractivity contribution is 6.50. The number of rotatable bonds is 6. The predicted octanol–water partition coefficient (Wildman–Crippen LogP) is 2.30. The largest absolute Gasteiger partial charge is 0.313 e. The summed E-state index contributed by atoms with van der Waals surface area (Å²) in [6, 6.07) is 2.42. The van der Waals surface area contributed by atoms with Gasteiger partial charge in [0.2, 0.25) is 0 Å². The second-order valence-electron chi connectivity index (χ2n) is 6.88. The molecule has 3 aliphatic rings. The molecule has 19 heavy (non-hydrogen) atoms. The van der Waals surface area contributed by atoms with E-state index in [0.29, 0.717) is 0 Å². The van der Waals surface area contributed by atoms with Crippen LogP contribution in [0, 0.1) is 0 Å². The number of nitrogens with one attached hydrogen (secondary N) is 3. The van der Waals surface area contributed by atoms with Crippen molar-refractivity contribution in [1.29, 1.82) is 0 Å². The van der Waals surface area contributed by atoms with Crippen LogP contribution in [0.15, 0.2) is 0 Å². The van der Waals surface area contributed by atoms with Gasteiger partial charge in [0, 0.05) is 18.1 Å². The third-order valence-electron chi connectivity index (χ3n) is 5.27. The van der Waals surface area contributed by atoms with Crippen LogP contribution in [0.25, 0.3) is 0 Å². The van der Waals surface area contributed by atoms with Gasteiger partial charge in [-0.2, -0.15) is 0 Å². The van der Waals surface area contributed by atoms with Gasteiger partial charge in [0.25, 0.3) is 9.28 Å². The molecule has 0 unspecified atom stereocenters. The molecule has 0 radical (unpaired) electrons. The summed E-state index contributed by atoms with van der Waals surface area (Å²) in [5, 5.41) is 0. The second kappa shape index (κ2) is 7.20. The minimum absolute atomic E-state index is 0.805. The Bertz CT molecular complexity index is 213. The van der Waals surface area contributed by atoms with Crippen LogP contribution in [-0.2, 0) is 0 Å². The molecule has 3 fully saturated rings. The zero-order valence-corrected chi connectivity index (χ0v) is 13.4. The van der Waals surface area contributed by atoms with Gasteiger partial charge in [-0.1, -0.05) is 38.5 Å². The van der Waals surface area contributed by atoms with Gasteiger partial charge >= 0.3 is 0 Å². The monoisotopic (exact) mass is 281 g/mol. The van der Waals surface area contributed by atoms with Crippen molar-refractivity contribution in [2.24, 2.45) is 0 Å². The summed E-state index contributed by atoms with van der Waals surface area (Å²) >= 11 is 0. The lowest BCUT2D eigenvalue weighted by Gasteiger charge is -2.28. The Morgan fingerprint density at radius 3 is 1.00 bits per heavy atom. The molecule has 0 atom stereocenters. The summed E-state index contributed by atoms with van der Waals surface area (Å²) in [7, 11) is -1.14. The molecule has 3 rings (SSSR count). The van der Waals surface area contributed by atoms with E-state index in [-0.39, 0.29) is 0 Å². The van der Waals surface area contributed by atoms with Crippen molar-refractivity contribution in [2.75, 3.05) is 0 Å². The first-order valence-corrected chi connectivity index (χ1v) is 10.4. The number of hydrogen-bond acceptors (Lipinski definition) is 3. The molecule has 0 aromatic rings. The van der Waals surface area contributed by atoms with Gasteiger partial charge in [0.1, 0.15) is 0 Å². The van der Waals surface area contributed by atoms with Crippen molar-refractivity contribution < 1.29 is 0 Å². The van der Waals surface area contributed by atoms with Crippen LogP contribution in [0.5, 0.6) is 0 Å². The molecule has 0 saturated heterocycles. The van der Waals surface area contributed by atoms with Crippen molar-refractivity contribution in [3.05, 3.63) is 0 Å². The van der Waals surface area contributed by atoms with E-state index in [0.717, 1.165) is 18.1 Å². The zero-order valence-electron chi connectivity index (χ0n) is 12.3. The molecule has 3 N–H and O–H groups in total. The van der Waals surface area contributed by atoms with E-state index in [1.807, 2.05) is 0 Å². The molecule has 4 heteroatoms. The minimum Gasteiger partial charge on any atom is -0.313 e. The molecule has 3 aliphatic carbocycles. The van der Waals surface area contributed by atoms with Gasteiger partial charge < -0.3 is 14.9 Å². The molecular formula is C15H31N3Si. The lowest BCUT2D eigenvalue weighted by atomic mass is 10.3. The van der Waals surface area contributed by atoms with Crippen molar-refractivity contribution >= 4 is 9.28 Å². The Morgan fingerprint density at radius 1 is 0.474 bits per heavy atom. The highest BCUT2D eigenvalue weighted by Crippen LogP contribution is 2.21. The van der Waals surface area contributed by atoms with Crippen LogP contribution in [0.1, 0.15) is 77.0 Å². The molecule has 0 aromatic heterocycles. The van der Waals surface area contributed by atoms with Gasteiger partial charge in [-0.25, -0.2) is 0 Å². The van der Waals surface area contributed by atoms with Gasteiger partial charge in [-0.05, 0) is 38.5 Å². The molecule has 3 nitrogen and oxygen atoms in total. The normalized spacial score (nSPS) is 27.0. The predicted molar refractivity (Wildman–Crippen MR) is 83.3 cm³/mol. The Morgan fingerprint density at radius 2 is 0.737 bits per heavy atom. The molecule has 0 aliphatic heterocycles. The number of hydrogen-bond donors (Lipinski definition) is 3. The van der Waals surface area contributed by atoms with E-state index in [2.05, 4.69) is 14.9 Å². The average molecular weight is 282 g/mol. The van der Waals surface area contributed by atoms with E-state index in [1.54, 1.807) is 0 Å². The maximum Gasteiger partial charge on any atom is 0.265 e. The first-order chi connectivity index (χ1) is 9.40. The summed E-state index contributed by atoms with van der Waals surface area (Å²) in [5.74, 6) is 0. The molecule has 3 saturated carbocycles. The SMILES string of the molecule is C1CCC(N[SiH](NC2CCCC2)NC2CCCC2)C1. The van der Waals surface area contributed by atoms with Crippen LogP contribution in [0.3, 0.4) is 0 Å². The van der Waals surface area contributed by atoms with E-state index in [1.165, 1.54) is 77.0 Å². The van der Waals surface area contributed by atoms with Crippen molar-refractivity contribution in [3.8, 4) is 0 Å². The van der Waals surface area contributed by atoms with E-state index >= 15 is 0 Å². The molecule has 0 aromatic carbocycles. The fraction of sp³-hybridized carbons (Fsp3) is 1.00. The maximum atomic E-state index is 3.99. The summed E-state index contributed by atoms with van der Waals surface area (Å²) in [4.78, 5) is 12.0. The second-order valence-corrected chi connectivity index (χ2v) is 8.74. The van der Waals surface area contributed by atoms with Gasteiger partial charge in [0.15, 0.2) is 0 Å². The van der Waals surface area contributed by atoms with Crippen LogP contribution >= 0.6 is 0 Å². The summed E-state index contributed by atoms with van der Waals surface area (Å²) in [5.41, 5.74) is 0. The van der Waals surface area contributed by atoms with E-state index < -0.39 is 9.28 Å². The first kappa shape index (κ1) is 14.1. The van der Waals surface area contributed by atoms with Crippen molar-refractivity contribution in [1.82, 2.24) is 14.9 Å². The molecule has 0 spiro atoms. The lowest BCUT2D eigenvalue weighted by Crippen LogP contribution is -2.64.